The zero-order valence-electron chi connectivity index (χ0n) is 5.22. The highest BCUT2D eigenvalue weighted by atomic mass is 19.4. The normalized spacial score (nSPS) is 11.5. The predicted octanol–water partition coefficient (Wildman–Crippen LogP) is 1.73. The van der Waals surface area contributed by atoms with Crippen LogP contribution in [0, 0.1) is 0 Å². The second kappa shape index (κ2) is 2.37. The van der Waals surface area contributed by atoms with Crippen molar-refractivity contribution in [3.05, 3.63) is 18.3 Å². The van der Waals surface area contributed by atoms with Crippen molar-refractivity contribution < 1.29 is 17.7 Å². The minimum atomic E-state index is -4.58. The Balaban J connectivity index is 2.98. The molecule has 0 aromatic carbocycles. The molecule has 0 saturated carbocycles. The molecular formula is C5H3F3N2O. The molecule has 60 valence electrons. The third kappa shape index (κ3) is 1.57. The molecule has 0 N–H and O–H groups in total. The maximum atomic E-state index is 11.7. The number of halogens is 3. The van der Waals surface area contributed by atoms with Crippen LogP contribution >= 0.6 is 0 Å². The van der Waals surface area contributed by atoms with Crippen molar-refractivity contribution in [3.63, 3.8) is 0 Å². The van der Waals surface area contributed by atoms with Crippen LogP contribution in [0.3, 0.4) is 0 Å². The molecule has 11 heavy (non-hydrogen) atoms. The maximum absolute atomic E-state index is 11.7. The molecule has 0 atom stereocenters. The summed E-state index contributed by atoms with van der Waals surface area (Å²) in [6.07, 6.45) is -3.51. The van der Waals surface area contributed by atoms with E-state index in [1.165, 1.54) is 0 Å². The number of hydrogen-bond acceptors (Lipinski definition) is 3. The van der Waals surface area contributed by atoms with Gasteiger partial charge in [0.1, 0.15) is 0 Å². The molecule has 1 aromatic rings. The van der Waals surface area contributed by atoms with Gasteiger partial charge in [0.2, 0.25) is 0 Å². The number of alkyl halides is 3. The molecule has 0 spiro atoms. The average Bonchev–Trinajstić information content (AvgIpc) is 2.32. The first-order valence-corrected chi connectivity index (χ1v) is 2.57. The minimum Gasteiger partial charge on any atom is -0.329 e. The van der Waals surface area contributed by atoms with Crippen molar-refractivity contribution >= 4 is 6.08 Å². The maximum Gasteiger partial charge on any atom is 0.471 e. The Kier molecular flexibility index (Phi) is 1.67. The third-order valence-corrected chi connectivity index (χ3v) is 0.867. The largest absolute Gasteiger partial charge is 0.471 e. The fourth-order valence-electron chi connectivity index (χ4n) is 0.433. The summed E-state index contributed by atoms with van der Waals surface area (Å²) in [6.45, 7) is 3.17. The Labute approximate surface area is 59.5 Å². The van der Waals surface area contributed by atoms with Crippen molar-refractivity contribution in [1.29, 1.82) is 0 Å². The Morgan fingerprint density at radius 2 is 2.09 bits per heavy atom. The minimum absolute atomic E-state index is 0.169. The summed E-state index contributed by atoms with van der Waals surface area (Å²) >= 11 is 0. The Hall–Kier alpha value is -1.33. The van der Waals surface area contributed by atoms with Crippen LogP contribution in [0.5, 0.6) is 0 Å². The first-order chi connectivity index (χ1) is 5.04. The van der Waals surface area contributed by atoms with Crippen LogP contribution in [0.4, 0.5) is 13.2 Å². The van der Waals surface area contributed by atoms with Crippen molar-refractivity contribution in [2.24, 2.45) is 0 Å². The molecule has 6 heteroatoms. The van der Waals surface area contributed by atoms with Crippen LogP contribution in [0.1, 0.15) is 11.7 Å². The highest BCUT2D eigenvalue weighted by Gasteiger charge is 2.38. The van der Waals surface area contributed by atoms with Crippen LogP contribution < -0.4 is 0 Å². The molecule has 1 aromatic heterocycles. The van der Waals surface area contributed by atoms with Gasteiger partial charge in [-0.05, 0) is 6.08 Å². The van der Waals surface area contributed by atoms with E-state index < -0.39 is 12.1 Å². The number of nitrogens with zero attached hydrogens (tertiary/aromatic N) is 2. The van der Waals surface area contributed by atoms with E-state index in [4.69, 9.17) is 0 Å². The summed E-state index contributed by atoms with van der Waals surface area (Å²) in [5.74, 6) is -1.52. The summed E-state index contributed by atoms with van der Waals surface area (Å²) < 4.78 is 39.0. The first-order valence-electron chi connectivity index (χ1n) is 2.57. The molecular weight excluding hydrogens is 161 g/mol. The summed E-state index contributed by atoms with van der Waals surface area (Å²) in [4.78, 5) is 2.98. The molecule has 0 saturated heterocycles. The Morgan fingerprint density at radius 3 is 2.36 bits per heavy atom. The second-order valence-electron chi connectivity index (χ2n) is 1.66. The zero-order chi connectivity index (χ0) is 8.48. The summed E-state index contributed by atoms with van der Waals surface area (Å²) in [6, 6.07) is 0. The van der Waals surface area contributed by atoms with E-state index >= 15 is 0 Å². The third-order valence-electron chi connectivity index (χ3n) is 0.867. The first kappa shape index (κ1) is 7.77. The van der Waals surface area contributed by atoms with Crippen molar-refractivity contribution in [2.75, 3.05) is 0 Å². The van der Waals surface area contributed by atoms with Gasteiger partial charge >= 0.3 is 12.1 Å². The Bertz CT molecular complexity index is 265. The van der Waals surface area contributed by atoms with E-state index in [0.717, 1.165) is 6.08 Å². The summed E-state index contributed by atoms with van der Waals surface area (Å²) in [7, 11) is 0. The lowest BCUT2D eigenvalue weighted by molar-refractivity contribution is -0.159. The second-order valence-corrected chi connectivity index (χ2v) is 1.66. The van der Waals surface area contributed by atoms with E-state index in [-0.39, 0.29) is 5.82 Å². The molecule has 0 aliphatic carbocycles. The number of rotatable bonds is 1. The standard InChI is InChI=1S/C5H3F3N2O/c1-2-3-9-4(11-10-3)5(6,7)8/h2H,1H2. The SMILES string of the molecule is C=Cc1noc(C(F)(F)F)n1. The van der Waals surface area contributed by atoms with E-state index in [9.17, 15) is 13.2 Å². The molecule has 0 amide bonds. The van der Waals surface area contributed by atoms with Crippen molar-refractivity contribution in [1.82, 2.24) is 10.1 Å². The van der Waals surface area contributed by atoms with Gasteiger partial charge in [-0.25, -0.2) is 0 Å². The summed E-state index contributed by atoms with van der Waals surface area (Å²) in [5, 5.41) is 2.98. The van der Waals surface area contributed by atoms with Gasteiger partial charge in [-0.2, -0.15) is 18.2 Å². The van der Waals surface area contributed by atoms with Gasteiger partial charge in [0.25, 0.3) is 0 Å². The molecule has 1 heterocycles. The molecule has 3 nitrogen and oxygen atoms in total. The molecule has 0 aliphatic rings. The molecule has 0 bridgehead atoms. The monoisotopic (exact) mass is 164 g/mol. The van der Waals surface area contributed by atoms with Crippen molar-refractivity contribution in [2.45, 2.75) is 6.18 Å². The molecule has 0 radical (unpaired) electrons. The van der Waals surface area contributed by atoms with Gasteiger partial charge in [0.05, 0.1) is 0 Å². The predicted molar refractivity (Wildman–Crippen MR) is 29.4 cm³/mol. The topological polar surface area (TPSA) is 38.9 Å². The fourth-order valence-corrected chi connectivity index (χ4v) is 0.433. The van der Waals surface area contributed by atoms with Crippen LogP contribution in [-0.4, -0.2) is 10.1 Å². The van der Waals surface area contributed by atoms with Gasteiger partial charge in [-0.15, -0.1) is 0 Å². The van der Waals surface area contributed by atoms with Crippen LogP contribution in [0.2, 0.25) is 0 Å². The molecule has 1 rings (SSSR count). The lowest BCUT2D eigenvalue weighted by Crippen LogP contribution is -2.04. The van der Waals surface area contributed by atoms with Gasteiger partial charge < -0.3 is 4.52 Å². The van der Waals surface area contributed by atoms with Gasteiger partial charge in [0, 0.05) is 0 Å². The fraction of sp³-hybridized carbons (Fsp3) is 0.200. The average molecular weight is 164 g/mol. The smallest absolute Gasteiger partial charge is 0.329 e. The lowest BCUT2D eigenvalue weighted by Gasteiger charge is -1.95. The van der Waals surface area contributed by atoms with Gasteiger partial charge in [0.15, 0.2) is 5.82 Å². The van der Waals surface area contributed by atoms with E-state index in [2.05, 4.69) is 21.2 Å². The van der Waals surface area contributed by atoms with Crippen molar-refractivity contribution in [3.8, 4) is 0 Å². The van der Waals surface area contributed by atoms with E-state index in [1.54, 1.807) is 0 Å². The van der Waals surface area contributed by atoms with E-state index in [0.29, 0.717) is 0 Å². The highest BCUT2D eigenvalue weighted by Crippen LogP contribution is 2.27. The van der Waals surface area contributed by atoms with E-state index in [1.807, 2.05) is 0 Å². The lowest BCUT2D eigenvalue weighted by atomic mass is 10.6. The Morgan fingerprint density at radius 1 is 1.45 bits per heavy atom. The molecule has 0 aliphatic heterocycles. The molecule has 0 fully saturated rings. The highest BCUT2D eigenvalue weighted by molar-refractivity contribution is 5.34. The number of hydrogen-bond donors (Lipinski definition) is 0. The zero-order valence-corrected chi connectivity index (χ0v) is 5.22. The van der Waals surface area contributed by atoms with Crippen LogP contribution in [0.15, 0.2) is 11.1 Å². The van der Waals surface area contributed by atoms with Gasteiger partial charge in [-0.3, -0.25) is 0 Å². The quantitative estimate of drug-likeness (QED) is 0.634. The number of aromatic nitrogens is 2. The van der Waals surface area contributed by atoms with Crippen LogP contribution in [-0.2, 0) is 6.18 Å². The van der Waals surface area contributed by atoms with Crippen LogP contribution in [0.25, 0.3) is 6.08 Å². The van der Waals surface area contributed by atoms with Gasteiger partial charge in [-0.1, -0.05) is 11.7 Å². The molecule has 0 unspecified atom stereocenters. The summed E-state index contributed by atoms with van der Waals surface area (Å²) in [5.41, 5.74) is 0.